The maximum absolute atomic E-state index is 13.8. The van der Waals surface area contributed by atoms with Crippen LogP contribution in [0.4, 0.5) is 4.39 Å². The number of aliphatic hydroxyl groups excluding tert-OH is 1. The first-order chi connectivity index (χ1) is 9.19. The molecule has 0 bridgehead atoms. The number of nitrogens with zero attached hydrogens (tertiary/aromatic N) is 2. The minimum absolute atomic E-state index is 0.233. The summed E-state index contributed by atoms with van der Waals surface area (Å²) in [6.07, 6.45) is 0. The van der Waals surface area contributed by atoms with Gasteiger partial charge in [-0.2, -0.15) is 0 Å². The van der Waals surface area contributed by atoms with E-state index < -0.39 is 0 Å². The highest BCUT2D eigenvalue weighted by Crippen LogP contribution is 2.21. The second-order valence-electron chi connectivity index (χ2n) is 3.76. The third-order valence-corrected chi connectivity index (χ3v) is 3.19. The Bertz CT molecular complexity index is 630. The zero-order chi connectivity index (χ0) is 13.7. The molecule has 0 spiro atoms. The Morgan fingerprint density at radius 3 is 2.95 bits per heavy atom. The molecule has 19 heavy (non-hydrogen) atoms. The molecule has 6 heteroatoms. The maximum atomic E-state index is 13.8. The lowest BCUT2D eigenvalue weighted by Gasteiger charge is -2.01. The van der Waals surface area contributed by atoms with Crippen molar-refractivity contribution in [3.05, 3.63) is 41.0 Å². The van der Waals surface area contributed by atoms with E-state index in [1.807, 2.05) is 6.92 Å². The third kappa shape index (κ3) is 3.81. The van der Waals surface area contributed by atoms with Crippen molar-refractivity contribution in [2.45, 2.75) is 17.8 Å². The minimum Gasteiger partial charge on any atom is -0.384 e. The lowest BCUT2D eigenvalue weighted by atomic mass is 10.1. The highest BCUT2D eigenvalue weighted by Gasteiger charge is 2.06. The summed E-state index contributed by atoms with van der Waals surface area (Å²) in [5, 5.41) is 15.9. The van der Waals surface area contributed by atoms with E-state index in [9.17, 15) is 4.39 Å². The molecular formula is C13H12FN3OS. The van der Waals surface area contributed by atoms with E-state index >= 15 is 0 Å². The van der Waals surface area contributed by atoms with Crippen LogP contribution in [-0.4, -0.2) is 26.9 Å². The number of thioether (sulfide) groups is 1. The fourth-order valence-corrected chi connectivity index (χ4v) is 2.24. The molecule has 0 aliphatic carbocycles. The Balaban J connectivity index is 2.05. The molecule has 2 rings (SSSR count). The number of nitrogens with one attached hydrogen (secondary N) is 1. The zero-order valence-electron chi connectivity index (χ0n) is 10.3. The fourth-order valence-electron chi connectivity index (χ4n) is 1.41. The number of aromatic nitrogens is 3. The van der Waals surface area contributed by atoms with E-state index in [0.29, 0.717) is 22.0 Å². The summed E-state index contributed by atoms with van der Waals surface area (Å²) in [6.45, 7) is 1.58. The quantitative estimate of drug-likeness (QED) is 0.664. The van der Waals surface area contributed by atoms with Crippen molar-refractivity contribution in [2.24, 2.45) is 0 Å². The van der Waals surface area contributed by atoms with E-state index in [1.54, 1.807) is 12.1 Å². The molecule has 0 radical (unpaired) electrons. The number of aliphatic hydroxyl groups is 1. The van der Waals surface area contributed by atoms with Crippen LogP contribution in [0, 0.1) is 24.6 Å². The highest BCUT2D eigenvalue weighted by molar-refractivity contribution is 7.98. The average molecular weight is 277 g/mol. The van der Waals surface area contributed by atoms with Crippen LogP contribution in [0.15, 0.2) is 23.4 Å². The summed E-state index contributed by atoms with van der Waals surface area (Å²) >= 11 is 1.36. The molecule has 2 aromatic rings. The monoisotopic (exact) mass is 277 g/mol. The molecule has 0 saturated heterocycles. The molecule has 0 aliphatic heterocycles. The standard InChI is InChI=1S/C13H12FN3OS/c1-9-15-13(17-16-9)19-8-11-5-4-10(3-2-6-18)7-12(11)14/h4-5,7,18H,6,8H2,1H3,(H,15,16,17). The van der Waals surface area contributed by atoms with Crippen molar-refractivity contribution >= 4 is 11.8 Å². The minimum atomic E-state index is -0.315. The van der Waals surface area contributed by atoms with Gasteiger partial charge in [0.15, 0.2) is 0 Å². The van der Waals surface area contributed by atoms with Crippen molar-refractivity contribution in [3.63, 3.8) is 0 Å². The van der Waals surface area contributed by atoms with Gasteiger partial charge in [-0.1, -0.05) is 29.7 Å². The van der Waals surface area contributed by atoms with Gasteiger partial charge in [0.2, 0.25) is 5.16 Å². The van der Waals surface area contributed by atoms with Crippen LogP contribution >= 0.6 is 11.8 Å². The summed E-state index contributed by atoms with van der Waals surface area (Å²) in [5.41, 5.74) is 1.12. The zero-order valence-corrected chi connectivity index (χ0v) is 11.1. The Kier molecular flexibility index (Phi) is 4.55. The maximum Gasteiger partial charge on any atom is 0.208 e. The van der Waals surface area contributed by atoms with Gasteiger partial charge in [0, 0.05) is 11.3 Å². The van der Waals surface area contributed by atoms with Crippen LogP contribution in [0.1, 0.15) is 17.0 Å². The largest absolute Gasteiger partial charge is 0.384 e. The molecule has 0 amide bonds. The number of aryl methyl sites for hydroxylation is 1. The van der Waals surface area contributed by atoms with E-state index in [-0.39, 0.29) is 12.4 Å². The van der Waals surface area contributed by atoms with Gasteiger partial charge in [0.25, 0.3) is 0 Å². The van der Waals surface area contributed by atoms with E-state index in [0.717, 1.165) is 5.82 Å². The number of hydrogen-bond acceptors (Lipinski definition) is 4. The van der Waals surface area contributed by atoms with Crippen LogP contribution in [0.3, 0.4) is 0 Å². The van der Waals surface area contributed by atoms with Crippen molar-refractivity contribution in [2.75, 3.05) is 6.61 Å². The summed E-state index contributed by atoms with van der Waals surface area (Å²) in [5.74, 6) is 6.02. The van der Waals surface area contributed by atoms with Crippen molar-refractivity contribution in [1.82, 2.24) is 15.2 Å². The van der Waals surface area contributed by atoms with E-state index in [4.69, 9.17) is 5.11 Å². The van der Waals surface area contributed by atoms with Gasteiger partial charge in [-0.05, 0) is 24.6 Å². The van der Waals surface area contributed by atoms with Gasteiger partial charge in [0.05, 0.1) is 0 Å². The van der Waals surface area contributed by atoms with E-state index in [2.05, 4.69) is 27.0 Å². The van der Waals surface area contributed by atoms with Crippen molar-refractivity contribution in [1.29, 1.82) is 0 Å². The van der Waals surface area contributed by atoms with Gasteiger partial charge >= 0.3 is 0 Å². The van der Waals surface area contributed by atoms with Gasteiger partial charge in [-0.3, -0.25) is 5.10 Å². The second kappa shape index (κ2) is 6.36. The highest BCUT2D eigenvalue weighted by atomic mass is 32.2. The number of aromatic amines is 1. The first kappa shape index (κ1) is 13.6. The van der Waals surface area contributed by atoms with Crippen molar-refractivity contribution in [3.8, 4) is 11.8 Å². The van der Waals surface area contributed by atoms with Gasteiger partial charge in [-0.25, -0.2) is 9.37 Å². The fraction of sp³-hybridized carbons (Fsp3) is 0.231. The Labute approximate surface area is 114 Å². The third-order valence-electron chi connectivity index (χ3n) is 2.30. The molecule has 1 heterocycles. The molecule has 2 N–H and O–H groups in total. The second-order valence-corrected chi connectivity index (χ2v) is 4.70. The smallest absolute Gasteiger partial charge is 0.208 e. The first-order valence-corrected chi connectivity index (χ1v) is 6.57. The summed E-state index contributed by atoms with van der Waals surface area (Å²) < 4.78 is 13.8. The number of benzene rings is 1. The molecular weight excluding hydrogens is 265 g/mol. The van der Waals surface area contributed by atoms with Crippen LogP contribution < -0.4 is 0 Å². The molecule has 1 aromatic carbocycles. The number of H-pyrrole nitrogens is 1. The van der Waals surface area contributed by atoms with Crippen LogP contribution in [0.5, 0.6) is 0 Å². The summed E-state index contributed by atoms with van der Waals surface area (Å²) in [4.78, 5) is 4.14. The molecule has 98 valence electrons. The molecule has 0 atom stereocenters. The number of hydrogen-bond donors (Lipinski definition) is 2. The molecule has 0 aliphatic rings. The molecule has 1 aromatic heterocycles. The normalized spacial score (nSPS) is 10.1. The predicted molar refractivity (Wildman–Crippen MR) is 71.0 cm³/mol. The lowest BCUT2D eigenvalue weighted by molar-refractivity contribution is 0.350. The predicted octanol–water partition coefficient (Wildman–Crippen LogP) is 1.89. The van der Waals surface area contributed by atoms with Crippen LogP contribution in [0.25, 0.3) is 0 Å². The van der Waals surface area contributed by atoms with Crippen molar-refractivity contribution < 1.29 is 9.50 Å². The summed E-state index contributed by atoms with van der Waals surface area (Å²) in [7, 11) is 0. The Morgan fingerprint density at radius 2 is 2.32 bits per heavy atom. The number of halogens is 1. The van der Waals surface area contributed by atoms with E-state index in [1.165, 1.54) is 17.8 Å². The molecule has 0 unspecified atom stereocenters. The Morgan fingerprint density at radius 1 is 1.47 bits per heavy atom. The Hall–Kier alpha value is -1.84. The number of rotatable bonds is 3. The first-order valence-electron chi connectivity index (χ1n) is 5.59. The van der Waals surface area contributed by atoms with Gasteiger partial charge in [0.1, 0.15) is 18.2 Å². The van der Waals surface area contributed by atoms with Crippen LogP contribution in [0.2, 0.25) is 0 Å². The van der Waals surface area contributed by atoms with Crippen LogP contribution in [-0.2, 0) is 5.75 Å². The summed E-state index contributed by atoms with van der Waals surface area (Å²) in [6, 6.07) is 4.77. The topological polar surface area (TPSA) is 61.8 Å². The molecule has 0 saturated carbocycles. The molecule has 4 nitrogen and oxygen atoms in total. The van der Waals surface area contributed by atoms with Gasteiger partial charge in [-0.15, -0.1) is 5.10 Å². The SMILES string of the molecule is Cc1nc(SCc2ccc(C#CCO)cc2F)n[nH]1. The lowest BCUT2D eigenvalue weighted by Crippen LogP contribution is -1.90. The van der Waals surface area contributed by atoms with Gasteiger partial charge < -0.3 is 5.11 Å². The molecule has 0 fully saturated rings. The average Bonchev–Trinajstić information content (AvgIpc) is 2.81.